The highest BCUT2D eigenvalue weighted by molar-refractivity contribution is 6.05. The second kappa shape index (κ2) is 6.42. The van der Waals surface area contributed by atoms with Crippen LogP contribution in [0.1, 0.15) is 48.2 Å². The number of amides is 3. The summed E-state index contributed by atoms with van der Waals surface area (Å²) in [6.45, 7) is 7.32. The molecule has 1 aromatic rings. The Balaban J connectivity index is 1.49. The first-order chi connectivity index (χ1) is 12.7. The van der Waals surface area contributed by atoms with Gasteiger partial charge in [0, 0.05) is 44.2 Å². The van der Waals surface area contributed by atoms with Crippen molar-refractivity contribution in [2.45, 2.75) is 51.9 Å². The number of hydrogen-bond acceptors (Lipinski definition) is 5. The number of nitrogens with two attached hydrogens (primary N) is 1. The molecule has 0 aromatic heterocycles. The number of fused-ring (bicyclic) bond motifs is 1. The normalized spacial score (nSPS) is 27.8. The van der Waals surface area contributed by atoms with E-state index in [1.54, 1.807) is 4.90 Å². The van der Waals surface area contributed by atoms with Gasteiger partial charge in [0.05, 0.1) is 0 Å². The molecular weight excluding hydrogens is 344 g/mol. The van der Waals surface area contributed by atoms with E-state index in [2.05, 4.69) is 30.1 Å². The van der Waals surface area contributed by atoms with E-state index in [1.807, 2.05) is 12.1 Å². The number of carbonyl (C=O) groups excluding carboxylic acids is 3. The fourth-order valence-electron chi connectivity index (χ4n) is 4.36. The lowest BCUT2D eigenvalue weighted by molar-refractivity contribution is -0.136. The summed E-state index contributed by atoms with van der Waals surface area (Å²) in [7, 11) is 0. The summed E-state index contributed by atoms with van der Waals surface area (Å²) < 4.78 is 0. The summed E-state index contributed by atoms with van der Waals surface area (Å²) in [6, 6.07) is 5.56. The van der Waals surface area contributed by atoms with Gasteiger partial charge < -0.3 is 10.6 Å². The van der Waals surface area contributed by atoms with Crippen molar-refractivity contribution in [1.82, 2.24) is 15.1 Å². The lowest BCUT2D eigenvalue weighted by Gasteiger charge is -2.29. The summed E-state index contributed by atoms with van der Waals surface area (Å²) in [4.78, 5) is 40.3. The van der Waals surface area contributed by atoms with Crippen LogP contribution in [0.25, 0.3) is 0 Å². The maximum Gasteiger partial charge on any atom is 0.255 e. The van der Waals surface area contributed by atoms with Gasteiger partial charge in [0.1, 0.15) is 6.04 Å². The molecule has 0 spiro atoms. The second-order valence-corrected chi connectivity index (χ2v) is 8.66. The molecule has 2 atom stereocenters. The van der Waals surface area contributed by atoms with E-state index in [0.29, 0.717) is 18.5 Å². The quantitative estimate of drug-likeness (QED) is 0.761. The van der Waals surface area contributed by atoms with E-state index in [9.17, 15) is 14.4 Å². The van der Waals surface area contributed by atoms with Crippen LogP contribution in [0.5, 0.6) is 0 Å². The molecular formula is C20H26N4O3. The summed E-state index contributed by atoms with van der Waals surface area (Å²) in [5, 5.41) is 2.33. The summed E-state index contributed by atoms with van der Waals surface area (Å²) in [5.41, 5.74) is 9.00. The highest BCUT2D eigenvalue weighted by Crippen LogP contribution is 2.31. The van der Waals surface area contributed by atoms with Crippen LogP contribution >= 0.6 is 0 Å². The van der Waals surface area contributed by atoms with Gasteiger partial charge in [0.25, 0.3) is 5.91 Å². The fraction of sp³-hybridized carbons (Fsp3) is 0.550. The van der Waals surface area contributed by atoms with Crippen LogP contribution in [0.2, 0.25) is 0 Å². The molecule has 4 rings (SSSR count). The number of imide groups is 1. The third-order valence-corrected chi connectivity index (χ3v) is 6.09. The minimum absolute atomic E-state index is 0.0924. The van der Waals surface area contributed by atoms with E-state index in [4.69, 9.17) is 5.73 Å². The maximum atomic E-state index is 12.9. The molecule has 144 valence electrons. The number of rotatable bonds is 3. The first-order valence-corrected chi connectivity index (χ1v) is 9.49. The molecule has 0 saturated carbocycles. The van der Waals surface area contributed by atoms with Crippen LogP contribution in [-0.2, 0) is 22.7 Å². The molecule has 3 aliphatic rings. The van der Waals surface area contributed by atoms with Crippen molar-refractivity contribution >= 4 is 17.7 Å². The van der Waals surface area contributed by atoms with Crippen molar-refractivity contribution in [1.29, 1.82) is 0 Å². The predicted molar refractivity (Wildman–Crippen MR) is 99.5 cm³/mol. The smallest absolute Gasteiger partial charge is 0.255 e. The number of piperidine rings is 1. The highest BCUT2D eigenvalue weighted by Gasteiger charge is 2.40. The first kappa shape index (κ1) is 18.1. The standard InChI is InChI=1S/C20H26N4O3/c1-20(2)11-23(10-16(20)21)8-12-3-4-13-9-24(19(27)14(13)7-12)15-5-6-17(25)22-18(15)26/h3-4,7,15-16H,5-6,8-11,21H2,1-2H3,(H,22,25,26). The van der Waals surface area contributed by atoms with Crippen LogP contribution in [0, 0.1) is 5.41 Å². The number of carbonyl (C=O) groups is 3. The molecule has 3 amide bonds. The van der Waals surface area contributed by atoms with E-state index >= 15 is 0 Å². The predicted octanol–water partition coefficient (Wildman–Crippen LogP) is 0.617. The van der Waals surface area contributed by atoms with Crippen molar-refractivity contribution in [2.24, 2.45) is 11.1 Å². The van der Waals surface area contributed by atoms with Gasteiger partial charge in [-0.25, -0.2) is 0 Å². The van der Waals surface area contributed by atoms with Gasteiger partial charge in [-0.15, -0.1) is 0 Å². The molecule has 7 nitrogen and oxygen atoms in total. The molecule has 3 aliphatic heterocycles. The molecule has 1 aromatic carbocycles. The first-order valence-electron chi connectivity index (χ1n) is 9.49. The maximum absolute atomic E-state index is 12.9. The topological polar surface area (TPSA) is 95.7 Å². The molecule has 3 N–H and O–H groups in total. The molecule has 2 unspecified atom stereocenters. The Kier molecular flexibility index (Phi) is 4.31. The molecule has 0 aliphatic carbocycles. The van der Waals surface area contributed by atoms with Gasteiger partial charge in [-0.05, 0) is 29.0 Å². The molecule has 0 radical (unpaired) electrons. The van der Waals surface area contributed by atoms with Crippen LogP contribution in [0.15, 0.2) is 18.2 Å². The highest BCUT2D eigenvalue weighted by atomic mass is 16.2. The summed E-state index contributed by atoms with van der Waals surface area (Å²) >= 11 is 0. The molecule has 2 saturated heterocycles. The van der Waals surface area contributed by atoms with E-state index in [-0.39, 0.29) is 35.6 Å². The van der Waals surface area contributed by atoms with Crippen molar-refractivity contribution in [3.05, 3.63) is 34.9 Å². The van der Waals surface area contributed by atoms with E-state index in [0.717, 1.165) is 30.8 Å². The molecule has 0 bridgehead atoms. The van der Waals surface area contributed by atoms with Crippen molar-refractivity contribution in [3.63, 3.8) is 0 Å². The van der Waals surface area contributed by atoms with Gasteiger partial charge in [-0.2, -0.15) is 0 Å². The van der Waals surface area contributed by atoms with Crippen molar-refractivity contribution in [2.75, 3.05) is 13.1 Å². The number of hydrogen-bond donors (Lipinski definition) is 2. The van der Waals surface area contributed by atoms with Crippen molar-refractivity contribution < 1.29 is 14.4 Å². The van der Waals surface area contributed by atoms with Gasteiger partial charge in [-0.1, -0.05) is 26.0 Å². The lowest BCUT2D eigenvalue weighted by Crippen LogP contribution is -2.52. The van der Waals surface area contributed by atoms with Crippen LogP contribution in [0.3, 0.4) is 0 Å². The lowest BCUT2D eigenvalue weighted by atomic mass is 9.89. The van der Waals surface area contributed by atoms with E-state index in [1.165, 1.54) is 0 Å². The monoisotopic (exact) mass is 370 g/mol. The van der Waals surface area contributed by atoms with Crippen LogP contribution in [-0.4, -0.2) is 52.7 Å². The van der Waals surface area contributed by atoms with E-state index < -0.39 is 6.04 Å². The number of benzene rings is 1. The third kappa shape index (κ3) is 3.26. The van der Waals surface area contributed by atoms with Gasteiger partial charge in [0.15, 0.2) is 0 Å². The Morgan fingerprint density at radius 1 is 1.26 bits per heavy atom. The second-order valence-electron chi connectivity index (χ2n) is 8.66. The Labute approximate surface area is 158 Å². The van der Waals surface area contributed by atoms with Crippen LogP contribution < -0.4 is 11.1 Å². The minimum Gasteiger partial charge on any atom is -0.326 e. The average Bonchev–Trinajstić information content (AvgIpc) is 3.04. The summed E-state index contributed by atoms with van der Waals surface area (Å²) in [6.07, 6.45) is 0.658. The van der Waals surface area contributed by atoms with Gasteiger partial charge >= 0.3 is 0 Å². The Morgan fingerprint density at radius 2 is 2.04 bits per heavy atom. The zero-order valence-electron chi connectivity index (χ0n) is 15.8. The third-order valence-electron chi connectivity index (χ3n) is 6.09. The largest absolute Gasteiger partial charge is 0.326 e. The summed E-state index contributed by atoms with van der Waals surface area (Å²) in [5.74, 6) is -0.768. The number of likely N-dealkylation sites (tertiary alicyclic amines) is 1. The Morgan fingerprint density at radius 3 is 2.70 bits per heavy atom. The minimum atomic E-state index is -0.566. The fourth-order valence-corrected chi connectivity index (χ4v) is 4.36. The molecule has 27 heavy (non-hydrogen) atoms. The zero-order chi connectivity index (χ0) is 19.3. The molecule has 7 heteroatoms. The zero-order valence-corrected chi connectivity index (χ0v) is 15.8. The number of nitrogens with one attached hydrogen (secondary N) is 1. The van der Waals surface area contributed by atoms with Gasteiger partial charge in [0.2, 0.25) is 11.8 Å². The van der Waals surface area contributed by atoms with Gasteiger partial charge in [-0.3, -0.25) is 24.6 Å². The number of nitrogens with zero attached hydrogens (tertiary/aromatic N) is 2. The Hall–Kier alpha value is -2.25. The molecule has 3 heterocycles. The molecule has 2 fully saturated rings. The SMILES string of the molecule is CC1(C)CN(Cc2ccc3c(c2)C(=O)N(C2CCC(=O)NC2=O)C3)CC1N. The Bertz CT molecular complexity index is 819. The van der Waals surface area contributed by atoms with Crippen LogP contribution in [0.4, 0.5) is 0 Å². The average molecular weight is 370 g/mol. The van der Waals surface area contributed by atoms with Crippen molar-refractivity contribution in [3.8, 4) is 0 Å².